The molecule has 0 bridgehead atoms. The Morgan fingerprint density at radius 3 is 2.05 bits per heavy atom. The van der Waals surface area contributed by atoms with Crippen molar-refractivity contribution in [2.45, 2.75) is 37.9 Å². The van der Waals surface area contributed by atoms with Crippen LogP contribution in [0, 0.1) is 0 Å². The third kappa shape index (κ3) is 4.02. The van der Waals surface area contributed by atoms with Crippen LogP contribution in [0.5, 0.6) is 0 Å². The first-order chi connectivity index (χ1) is 8.86. The molecule has 116 valence electrons. The van der Waals surface area contributed by atoms with Crippen LogP contribution in [0.25, 0.3) is 0 Å². The Hall–Kier alpha value is -0.943. The van der Waals surface area contributed by atoms with Crippen molar-refractivity contribution in [3.05, 3.63) is 0 Å². The van der Waals surface area contributed by atoms with Gasteiger partial charge >= 0.3 is 15.6 Å². The Balaban J connectivity index is 2.85. The van der Waals surface area contributed by atoms with Crippen LogP contribution in [0.15, 0.2) is 0 Å². The zero-order chi connectivity index (χ0) is 15.8. The first-order valence-electron chi connectivity index (χ1n) is 5.71. The SMILES string of the molecule is C[Si](C)(CN1C(=O)CCCC1=O)OS(=O)(=O)C(F)(F)F. The highest BCUT2D eigenvalue weighted by Gasteiger charge is 2.51. The van der Waals surface area contributed by atoms with Crippen molar-refractivity contribution in [2.24, 2.45) is 0 Å². The third-order valence-electron chi connectivity index (χ3n) is 2.54. The number of carbonyl (C=O) groups is 2. The smallest absolute Gasteiger partial charge is 0.307 e. The number of rotatable bonds is 4. The lowest BCUT2D eigenvalue weighted by molar-refractivity contribution is -0.147. The Kier molecular flexibility index (Phi) is 4.66. The molecule has 6 nitrogen and oxygen atoms in total. The van der Waals surface area contributed by atoms with Gasteiger partial charge in [-0.3, -0.25) is 14.5 Å². The molecule has 1 rings (SSSR count). The summed E-state index contributed by atoms with van der Waals surface area (Å²) >= 11 is 0. The molecular weight excluding hydrogens is 319 g/mol. The average molecular weight is 333 g/mol. The zero-order valence-corrected chi connectivity index (χ0v) is 12.7. The monoisotopic (exact) mass is 333 g/mol. The number of alkyl halides is 3. The van der Waals surface area contributed by atoms with Crippen molar-refractivity contribution in [1.29, 1.82) is 0 Å². The van der Waals surface area contributed by atoms with E-state index in [-0.39, 0.29) is 12.8 Å². The summed E-state index contributed by atoms with van der Waals surface area (Å²) in [6.07, 6.45) is 0.197. The number of nitrogens with zero attached hydrogens (tertiary/aromatic N) is 1. The van der Waals surface area contributed by atoms with Crippen LogP contribution in [-0.2, 0) is 23.6 Å². The normalized spacial score (nSPS) is 18.6. The molecule has 0 unspecified atom stereocenters. The molecule has 20 heavy (non-hydrogen) atoms. The van der Waals surface area contributed by atoms with Gasteiger partial charge < -0.3 is 3.87 Å². The minimum Gasteiger partial charge on any atom is -0.307 e. The predicted molar refractivity (Wildman–Crippen MR) is 64.1 cm³/mol. The molecule has 0 atom stereocenters. The number of amides is 2. The van der Waals surface area contributed by atoms with Gasteiger partial charge in [0, 0.05) is 19.0 Å². The molecule has 11 heteroatoms. The van der Waals surface area contributed by atoms with E-state index in [1.165, 1.54) is 13.1 Å². The van der Waals surface area contributed by atoms with E-state index in [1.807, 2.05) is 0 Å². The molecule has 0 aromatic rings. The zero-order valence-electron chi connectivity index (χ0n) is 10.9. The minimum atomic E-state index is -5.73. The van der Waals surface area contributed by atoms with Crippen LogP contribution < -0.4 is 0 Å². The van der Waals surface area contributed by atoms with Gasteiger partial charge in [-0.25, -0.2) is 0 Å². The predicted octanol–water partition coefficient (Wildman–Crippen LogP) is 1.14. The maximum atomic E-state index is 12.3. The van der Waals surface area contributed by atoms with Crippen LogP contribution in [-0.4, -0.2) is 45.1 Å². The molecule has 1 fully saturated rings. The molecule has 0 radical (unpaired) electrons. The quantitative estimate of drug-likeness (QED) is 0.438. The number of likely N-dealkylation sites (tertiary alicyclic amines) is 1. The summed E-state index contributed by atoms with van der Waals surface area (Å²) in [4.78, 5) is 23.9. The summed E-state index contributed by atoms with van der Waals surface area (Å²) in [5.74, 6) is -1.04. The second kappa shape index (κ2) is 5.45. The van der Waals surface area contributed by atoms with Crippen LogP contribution in [0.4, 0.5) is 13.2 Å². The Bertz CT molecular complexity index is 500. The fraction of sp³-hybridized carbons (Fsp3) is 0.778. The second-order valence-electron chi connectivity index (χ2n) is 4.97. The highest BCUT2D eigenvalue weighted by Crippen LogP contribution is 2.28. The highest BCUT2D eigenvalue weighted by atomic mass is 32.2. The van der Waals surface area contributed by atoms with Crippen molar-refractivity contribution in [3.8, 4) is 0 Å². The second-order valence-corrected chi connectivity index (χ2v) is 10.8. The van der Waals surface area contributed by atoms with E-state index in [9.17, 15) is 31.2 Å². The maximum Gasteiger partial charge on any atom is 0.522 e. The van der Waals surface area contributed by atoms with Gasteiger partial charge in [0.05, 0.1) is 0 Å². The number of halogens is 3. The molecular formula is C9H14F3NO5SSi. The summed E-state index contributed by atoms with van der Waals surface area (Å²) in [6.45, 7) is 2.40. The molecule has 1 aliphatic rings. The standard InChI is InChI=1S/C9H14F3NO5SSi/c1-20(2,18-19(16,17)9(10,11)12)6-13-7(14)4-3-5-8(13)15/h3-6H2,1-2H3. The summed E-state index contributed by atoms with van der Waals surface area (Å²) in [6, 6.07) is 0. The Morgan fingerprint density at radius 1 is 1.20 bits per heavy atom. The fourth-order valence-corrected chi connectivity index (χ4v) is 5.81. The van der Waals surface area contributed by atoms with Crippen molar-refractivity contribution < 1.29 is 35.1 Å². The lowest BCUT2D eigenvalue weighted by Gasteiger charge is -2.31. The molecule has 0 aromatic carbocycles. The van der Waals surface area contributed by atoms with Gasteiger partial charge in [-0.2, -0.15) is 21.6 Å². The summed E-state index contributed by atoms with van der Waals surface area (Å²) in [7, 11) is -9.17. The van der Waals surface area contributed by atoms with E-state index in [4.69, 9.17) is 0 Å². The van der Waals surface area contributed by atoms with Gasteiger partial charge in [0.1, 0.15) is 0 Å². The van der Waals surface area contributed by atoms with Crippen molar-refractivity contribution in [2.75, 3.05) is 6.17 Å². The third-order valence-corrected chi connectivity index (χ3v) is 6.87. The first kappa shape index (κ1) is 17.1. The number of imide groups is 1. The van der Waals surface area contributed by atoms with E-state index in [2.05, 4.69) is 3.87 Å². The lowest BCUT2D eigenvalue weighted by atomic mass is 10.1. The molecule has 0 aliphatic carbocycles. The van der Waals surface area contributed by atoms with Crippen LogP contribution in [0.3, 0.4) is 0 Å². The summed E-state index contributed by atoms with van der Waals surface area (Å²) < 4.78 is 62.9. The van der Waals surface area contributed by atoms with Crippen molar-refractivity contribution in [1.82, 2.24) is 4.90 Å². The Morgan fingerprint density at radius 2 is 1.65 bits per heavy atom. The van der Waals surface area contributed by atoms with E-state index in [1.54, 1.807) is 0 Å². The van der Waals surface area contributed by atoms with Crippen molar-refractivity contribution >= 4 is 30.2 Å². The molecule has 1 heterocycles. The van der Waals surface area contributed by atoms with Crippen LogP contribution in [0.2, 0.25) is 13.1 Å². The van der Waals surface area contributed by atoms with Gasteiger partial charge in [-0.05, 0) is 19.5 Å². The molecule has 0 saturated carbocycles. The molecule has 0 spiro atoms. The average Bonchev–Trinajstić information content (AvgIpc) is 2.20. The fourth-order valence-electron chi connectivity index (χ4n) is 1.73. The van der Waals surface area contributed by atoms with Crippen LogP contribution in [0.1, 0.15) is 19.3 Å². The topological polar surface area (TPSA) is 80.8 Å². The number of hydrogen-bond acceptors (Lipinski definition) is 5. The van der Waals surface area contributed by atoms with E-state index < -0.39 is 41.9 Å². The lowest BCUT2D eigenvalue weighted by Crippen LogP contribution is -2.53. The molecule has 1 saturated heterocycles. The molecule has 0 N–H and O–H groups in total. The van der Waals surface area contributed by atoms with Gasteiger partial charge in [0.15, 0.2) is 0 Å². The van der Waals surface area contributed by atoms with Crippen molar-refractivity contribution in [3.63, 3.8) is 0 Å². The first-order valence-corrected chi connectivity index (χ1v) is 10.2. The summed E-state index contributed by atoms with van der Waals surface area (Å²) in [5, 5.41) is 0. The van der Waals surface area contributed by atoms with Crippen LogP contribution >= 0.6 is 0 Å². The van der Waals surface area contributed by atoms with Gasteiger partial charge in [0.2, 0.25) is 20.1 Å². The largest absolute Gasteiger partial charge is 0.522 e. The highest BCUT2D eigenvalue weighted by molar-refractivity contribution is 7.88. The molecule has 2 amide bonds. The van der Waals surface area contributed by atoms with Gasteiger partial charge in [-0.1, -0.05) is 0 Å². The Labute approximate surface area is 115 Å². The number of piperidine rings is 1. The number of hydrogen-bond donors (Lipinski definition) is 0. The summed E-state index contributed by atoms with van der Waals surface area (Å²) in [5.41, 5.74) is -5.52. The number of carbonyl (C=O) groups excluding carboxylic acids is 2. The molecule has 1 aliphatic heterocycles. The van der Waals surface area contributed by atoms with Gasteiger partial charge in [-0.15, -0.1) is 0 Å². The van der Waals surface area contributed by atoms with E-state index >= 15 is 0 Å². The minimum absolute atomic E-state index is 0.113. The van der Waals surface area contributed by atoms with E-state index in [0.717, 1.165) is 4.90 Å². The molecule has 0 aromatic heterocycles. The van der Waals surface area contributed by atoms with E-state index in [0.29, 0.717) is 6.42 Å². The van der Waals surface area contributed by atoms with Gasteiger partial charge in [0.25, 0.3) is 0 Å². The maximum absolute atomic E-state index is 12.3.